The van der Waals surface area contributed by atoms with Crippen LogP contribution in [0.3, 0.4) is 0 Å². The lowest BCUT2D eigenvalue weighted by Gasteiger charge is -2.09. The highest BCUT2D eigenvalue weighted by atomic mass is 15.0. The highest BCUT2D eigenvalue weighted by molar-refractivity contribution is 5.32. The number of aromatic nitrogens is 1. The predicted molar refractivity (Wildman–Crippen MR) is 68.9 cm³/mol. The minimum Gasteiger partial charge on any atom is -0.364 e. The normalized spacial score (nSPS) is 16.2. The van der Waals surface area contributed by atoms with Crippen LogP contribution in [0.25, 0.3) is 0 Å². The molecule has 1 aromatic heterocycles. The number of nitrogens with one attached hydrogen (secondary N) is 1. The Morgan fingerprint density at radius 2 is 2.00 bits per heavy atom. The van der Waals surface area contributed by atoms with Gasteiger partial charge in [0.05, 0.1) is 0 Å². The number of rotatable bonds is 4. The van der Waals surface area contributed by atoms with Crippen LogP contribution >= 0.6 is 0 Å². The van der Waals surface area contributed by atoms with Crippen LogP contribution in [0, 0.1) is 0 Å². The number of aromatic amines is 1. The van der Waals surface area contributed by atoms with E-state index in [9.17, 15) is 0 Å². The summed E-state index contributed by atoms with van der Waals surface area (Å²) in [5.41, 5.74) is 4.76. The van der Waals surface area contributed by atoms with Crippen molar-refractivity contribution in [1.29, 1.82) is 0 Å². The molecule has 0 bridgehead atoms. The topological polar surface area (TPSA) is 19.0 Å². The smallest absolute Gasteiger partial charge is 0.0182 e. The van der Waals surface area contributed by atoms with Gasteiger partial charge in [-0.3, -0.25) is 0 Å². The van der Waals surface area contributed by atoms with Crippen LogP contribution in [0.4, 0.5) is 0 Å². The van der Waals surface area contributed by atoms with Gasteiger partial charge in [-0.1, -0.05) is 6.42 Å². The largest absolute Gasteiger partial charge is 0.364 e. The van der Waals surface area contributed by atoms with Crippen LogP contribution in [-0.4, -0.2) is 30.5 Å². The summed E-state index contributed by atoms with van der Waals surface area (Å²) in [6, 6.07) is 0. The Hall–Kier alpha value is -0.760. The Bertz CT molecular complexity index is 325. The molecule has 0 amide bonds. The van der Waals surface area contributed by atoms with Gasteiger partial charge in [0, 0.05) is 11.9 Å². The van der Waals surface area contributed by atoms with Crippen LogP contribution in [-0.2, 0) is 19.3 Å². The van der Waals surface area contributed by atoms with Gasteiger partial charge in [-0.05, 0) is 70.3 Å². The summed E-state index contributed by atoms with van der Waals surface area (Å²) in [6.07, 6.45) is 11.5. The van der Waals surface area contributed by atoms with Gasteiger partial charge >= 0.3 is 0 Å². The molecule has 1 heterocycles. The van der Waals surface area contributed by atoms with Gasteiger partial charge in [-0.25, -0.2) is 0 Å². The molecule has 0 aliphatic heterocycles. The maximum atomic E-state index is 3.49. The molecule has 1 N–H and O–H groups in total. The molecule has 1 aliphatic rings. The fraction of sp³-hybridized carbons (Fsp3) is 0.714. The lowest BCUT2D eigenvalue weighted by atomic mass is 10.0. The predicted octanol–water partition coefficient (Wildman–Crippen LogP) is 2.78. The molecule has 0 saturated carbocycles. The maximum absolute atomic E-state index is 3.49. The van der Waals surface area contributed by atoms with Crippen molar-refractivity contribution in [3.63, 3.8) is 0 Å². The lowest BCUT2D eigenvalue weighted by Crippen LogP contribution is -2.13. The molecule has 90 valence electrons. The van der Waals surface area contributed by atoms with E-state index in [-0.39, 0.29) is 0 Å². The van der Waals surface area contributed by atoms with E-state index in [2.05, 4.69) is 30.2 Å². The summed E-state index contributed by atoms with van der Waals surface area (Å²) in [5.74, 6) is 0. The van der Waals surface area contributed by atoms with Crippen LogP contribution in [0.15, 0.2) is 6.20 Å². The highest BCUT2D eigenvalue weighted by Crippen LogP contribution is 2.24. The Morgan fingerprint density at radius 1 is 1.19 bits per heavy atom. The number of fused-ring (bicyclic) bond motifs is 1. The average molecular weight is 220 g/mol. The van der Waals surface area contributed by atoms with Crippen molar-refractivity contribution in [2.45, 2.75) is 44.9 Å². The SMILES string of the molecule is CN(C)CCCc1c[nH]c2c1CCCCC2. The first-order valence-electron chi connectivity index (χ1n) is 6.60. The molecule has 0 aromatic carbocycles. The zero-order valence-corrected chi connectivity index (χ0v) is 10.7. The van der Waals surface area contributed by atoms with Gasteiger partial charge in [0.15, 0.2) is 0 Å². The molecule has 0 radical (unpaired) electrons. The van der Waals surface area contributed by atoms with Crippen molar-refractivity contribution in [2.24, 2.45) is 0 Å². The van der Waals surface area contributed by atoms with Gasteiger partial charge < -0.3 is 9.88 Å². The number of aryl methyl sites for hydroxylation is 2. The van der Waals surface area contributed by atoms with E-state index in [0.717, 1.165) is 0 Å². The molecular formula is C14H24N2. The Kier molecular flexibility index (Phi) is 4.05. The van der Waals surface area contributed by atoms with E-state index < -0.39 is 0 Å². The molecule has 2 nitrogen and oxygen atoms in total. The second-order valence-electron chi connectivity index (χ2n) is 5.24. The third kappa shape index (κ3) is 2.88. The van der Waals surface area contributed by atoms with Crippen LogP contribution in [0.2, 0.25) is 0 Å². The zero-order chi connectivity index (χ0) is 11.4. The molecule has 16 heavy (non-hydrogen) atoms. The first-order chi connectivity index (χ1) is 7.77. The summed E-state index contributed by atoms with van der Waals surface area (Å²) in [5, 5.41) is 0. The highest BCUT2D eigenvalue weighted by Gasteiger charge is 2.13. The fourth-order valence-electron chi connectivity index (χ4n) is 2.67. The molecule has 2 heteroatoms. The quantitative estimate of drug-likeness (QED) is 0.773. The van der Waals surface area contributed by atoms with Gasteiger partial charge in [0.1, 0.15) is 0 Å². The summed E-state index contributed by atoms with van der Waals surface area (Å²) in [6.45, 7) is 1.19. The third-order valence-corrected chi connectivity index (χ3v) is 3.58. The number of H-pyrrole nitrogens is 1. The van der Waals surface area contributed by atoms with Crippen molar-refractivity contribution in [3.05, 3.63) is 23.0 Å². The molecule has 0 spiro atoms. The molecule has 0 unspecified atom stereocenters. The van der Waals surface area contributed by atoms with E-state index in [1.54, 1.807) is 11.1 Å². The second kappa shape index (κ2) is 5.53. The maximum Gasteiger partial charge on any atom is 0.0182 e. The molecule has 2 rings (SSSR count). The van der Waals surface area contributed by atoms with Crippen LogP contribution in [0.1, 0.15) is 42.5 Å². The van der Waals surface area contributed by atoms with Crippen LogP contribution in [0.5, 0.6) is 0 Å². The Balaban J connectivity index is 1.96. The standard InChI is InChI=1S/C14H24N2/c1-16(2)10-6-7-12-11-15-14-9-5-3-4-8-13(12)14/h11,15H,3-10H2,1-2H3. The minimum atomic E-state index is 1.19. The Morgan fingerprint density at radius 3 is 2.81 bits per heavy atom. The van der Waals surface area contributed by atoms with Crippen molar-refractivity contribution in [3.8, 4) is 0 Å². The van der Waals surface area contributed by atoms with Gasteiger partial charge in [0.2, 0.25) is 0 Å². The average Bonchev–Trinajstić information content (AvgIpc) is 2.49. The number of hydrogen-bond donors (Lipinski definition) is 1. The molecule has 0 saturated heterocycles. The van der Waals surface area contributed by atoms with Crippen molar-refractivity contribution >= 4 is 0 Å². The Labute approximate surface area is 99.0 Å². The molecule has 0 fully saturated rings. The van der Waals surface area contributed by atoms with Crippen molar-refractivity contribution in [2.75, 3.05) is 20.6 Å². The summed E-state index contributed by atoms with van der Waals surface area (Å²) < 4.78 is 0. The van der Waals surface area contributed by atoms with E-state index >= 15 is 0 Å². The monoisotopic (exact) mass is 220 g/mol. The van der Waals surface area contributed by atoms with E-state index in [4.69, 9.17) is 0 Å². The van der Waals surface area contributed by atoms with Crippen molar-refractivity contribution in [1.82, 2.24) is 9.88 Å². The van der Waals surface area contributed by atoms with E-state index in [1.165, 1.54) is 57.2 Å². The molecule has 0 atom stereocenters. The fourth-order valence-corrected chi connectivity index (χ4v) is 2.67. The lowest BCUT2D eigenvalue weighted by molar-refractivity contribution is 0.400. The second-order valence-corrected chi connectivity index (χ2v) is 5.24. The molecule has 1 aliphatic carbocycles. The van der Waals surface area contributed by atoms with Crippen LogP contribution < -0.4 is 0 Å². The number of hydrogen-bond acceptors (Lipinski definition) is 1. The summed E-state index contributed by atoms with van der Waals surface area (Å²) in [7, 11) is 4.30. The summed E-state index contributed by atoms with van der Waals surface area (Å²) >= 11 is 0. The van der Waals surface area contributed by atoms with Gasteiger partial charge in [-0.15, -0.1) is 0 Å². The van der Waals surface area contributed by atoms with Gasteiger partial charge in [0.25, 0.3) is 0 Å². The van der Waals surface area contributed by atoms with E-state index in [1.807, 2.05) is 0 Å². The first-order valence-corrected chi connectivity index (χ1v) is 6.60. The third-order valence-electron chi connectivity index (χ3n) is 3.58. The summed E-state index contributed by atoms with van der Waals surface area (Å²) in [4.78, 5) is 5.76. The molecular weight excluding hydrogens is 196 g/mol. The van der Waals surface area contributed by atoms with Gasteiger partial charge in [-0.2, -0.15) is 0 Å². The minimum absolute atomic E-state index is 1.19. The van der Waals surface area contributed by atoms with Crippen molar-refractivity contribution < 1.29 is 0 Å². The zero-order valence-electron chi connectivity index (χ0n) is 10.7. The first kappa shape index (κ1) is 11.7. The van der Waals surface area contributed by atoms with E-state index in [0.29, 0.717) is 0 Å². The molecule has 1 aromatic rings. The number of nitrogens with zero attached hydrogens (tertiary/aromatic N) is 1.